The van der Waals surface area contributed by atoms with E-state index in [1.807, 2.05) is 12.1 Å². The molecule has 1 aliphatic heterocycles. The molecule has 25 heavy (non-hydrogen) atoms. The average Bonchev–Trinajstić information content (AvgIpc) is 3.35. The molecule has 1 amide bonds. The number of ether oxygens (including phenoxy) is 2. The molecule has 0 aliphatic carbocycles. The third kappa shape index (κ3) is 4.96. The summed E-state index contributed by atoms with van der Waals surface area (Å²) < 4.78 is 10.6. The van der Waals surface area contributed by atoms with Crippen LogP contribution < -0.4 is 14.8 Å². The second-order valence-electron chi connectivity index (χ2n) is 6.08. The summed E-state index contributed by atoms with van der Waals surface area (Å²) in [5.74, 6) is 1.32. The van der Waals surface area contributed by atoms with Gasteiger partial charge in [0.1, 0.15) is 11.5 Å². The van der Waals surface area contributed by atoms with Crippen LogP contribution in [-0.4, -0.2) is 44.2 Å². The van der Waals surface area contributed by atoms with E-state index in [2.05, 4.69) is 27.0 Å². The first-order valence-electron chi connectivity index (χ1n) is 8.56. The van der Waals surface area contributed by atoms with Crippen LogP contribution in [0.2, 0.25) is 0 Å². The molecule has 1 fully saturated rings. The Morgan fingerprint density at radius 1 is 1.20 bits per heavy atom. The van der Waals surface area contributed by atoms with Gasteiger partial charge < -0.3 is 14.8 Å². The number of thiophene rings is 1. The Bertz CT molecular complexity index is 652. The maximum atomic E-state index is 12.2. The van der Waals surface area contributed by atoms with E-state index in [-0.39, 0.29) is 18.6 Å². The van der Waals surface area contributed by atoms with Crippen LogP contribution in [0.4, 0.5) is 0 Å². The van der Waals surface area contributed by atoms with E-state index in [4.69, 9.17) is 9.47 Å². The van der Waals surface area contributed by atoms with Crippen molar-refractivity contribution in [3.05, 3.63) is 46.7 Å². The molecule has 0 radical (unpaired) electrons. The fourth-order valence-corrected chi connectivity index (χ4v) is 3.77. The smallest absolute Gasteiger partial charge is 0.258 e. The highest BCUT2D eigenvalue weighted by molar-refractivity contribution is 7.07. The first-order valence-corrected chi connectivity index (χ1v) is 9.50. The number of hydrogen-bond acceptors (Lipinski definition) is 5. The minimum absolute atomic E-state index is 0.0166. The quantitative estimate of drug-likeness (QED) is 0.786. The minimum Gasteiger partial charge on any atom is -0.497 e. The van der Waals surface area contributed by atoms with E-state index in [0.717, 1.165) is 18.8 Å². The zero-order chi connectivity index (χ0) is 17.5. The molecule has 1 aromatic carbocycles. The molecular formula is C19H24N2O3S. The maximum absolute atomic E-state index is 12.2. The van der Waals surface area contributed by atoms with Crippen molar-refractivity contribution in [3.63, 3.8) is 0 Å². The summed E-state index contributed by atoms with van der Waals surface area (Å²) in [5.41, 5.74) is 1.28. The fraction of sp³-hybridized carbons (Fsp3) is 0.421. The highest BCUT2D eigenvalue weighted by Crippen LogP contribution is 2.26. The van der Waals surface area contributed by atoms with Crippen molar-refractivity contribution in [1.29, 1.82) is 0 Å². The third-order valence-corrected chi connectivity index (χ3v) is 5.13. The van der Waals surface area contributed by atoms with Crippen molar-refractivity contribution in [3.8, 4) is 11.5 Å². The highest BCUT2D eigenvalue weighted by Gasteiger charge is 2.24. The topological polar surface area (TPSA) is 50.8 Å². The van der Waals surface area contributed by atoms with Crippen LogP contribution in [0.5, 0.6) is 11.5 Å². The van der Waals surface area contributed by atoms with Crippen LogP contribution in [0.25, 0.3) is 0 Å². The first kappa shape index (κ1) is 17.8. The van der Waals surface area contributed by atoms with Crippen molar-refractivity contribution in [2.24, 2.45) is 0 Å². The molecule has 2 aromatic rings. The number of carbonyl (C=O) groups is 1. The summed E-state index contributed by atoms with van der Waals surface area (Å²) in [7, 11) is 1.62. The number of hydrogen-bond donors (Lipinski definition) is 1. The molecule has 1 N–H and O–H groups in total. The predicted octanol–water partition coefficient (Wildman–Crippen LogP) is 3.09. The number of amides is 1. The number of methoxy groups -OCH3 is 1. The molecule has 6 heteroatoms. The molecule has 1 aromatic heterocycles. The number of carbonyl (C=O) groups excluding carboxylic acids is 1. The van der Waals surface area contributed by atoms with E-state index in [1.54, 1.807) is 30.6 Å². The predicted molar refractivity (Wildman–Crippen MR) is 99.4 cm³/mol. The van der Waals surface area contributed by atoms with Gasteiger partial charge in [-0.15, -0.1) is 0 Å². The molecule has 1 atom stereocenters. The molecular weight excluding hydrogens is 336 g/mol. The second kappa shape index (κ2) is 8.87. The van der Waals surface area contributed by atoms with Gasteiger partial charge in [-0.05, 0) is 72.6 Å². The number of benzene rings is 1. The lowest BCUT2D eigenvalue weighted by atomic mass is 10.1. The third-order valence-electron chi connectivity index (χ3n) is 4.43. The van der Waals surface area contributed by atoms with Crippen LogP contribution in [0, 0.1) is 0 Å². The van der Waals surface area contributed by atoms with Crippen LogP contribution in [0.3, 0.4) is 0 Å². The van der Waals surface area contributed by atoms with Gasteiger partial charge in [-0.25, -0.2) is 0 Å². The lowest BCUT2D eigenvalue weighted by Crippen LogP contribution is -2.38. The van der Waals surface area contributed by atoms with Gasteiger partial charge in [0.2, 0.25) is 0 Å². The van der Waals surface area contributed by atoms with E-state index < -0.39 is 0 Å². The molecule has 3 rings (SSSR count). The molecule has 1 saturated heterocycles. The number of rotatable bonds is 8. The van der Waals surface area contributed by atoms with Gasteiger partial charge in [-0.1, -0.05) is 0 Å². The van der Waals surface area contributed by atoms with Crippen LogP contribution in [0.1, 0.15) is 24.4 Å². The molecule has 134 valence electrons. The molecule has 0 spiro atoms. The average molecular weight is 360 g/mol. The summed E-state index contributed by atoms with van der Waals surface area (Å²) >= 11 is 1.70. The molecule has 0 saturated carbocycles. The number of nitrogens with zero attached hydrogens (tertiary/aromatic N) is 1. The van der Waals surface area contributed by atoms with Crippen LogP contribution in [-0.2, 0) is 4.79 Å². The summed E-state index contributed by atoms with van der Waals surface area (Å²) in [6.07, 6.45) is 2.46. The number of likely N-dealkylation sites (tertiary alicyclic amines) is 1. The molecule has 1 aliphatic rings. The second-order valence-corrected chi connectivity index (χ2v) is 6.86. The largest absolute Gasteiger partial charge is 0.497 e. The fourth-order valence-electron chi connectivity index (χ4n) is 3.06. The summed E-state index contributed by atoms with van der Waals surface area (Å²) in [5, 5.41) is 7.27. The van der Waals surface area contributed by atoms with Crippen molar-refractivity contribution in [2.45, 2.75) is 18.9 Å². The van der Waals surface area contributed by atoms with E-state index in [0.29, 0.717) is 12.3 Å². The Morgan fingerprint density at radius 3 is 2.56 bits per heavy atom. The van der Waals surface area contributed by atoms with Crippen LogP contribution in [0.15, 0.2) is 41.1 Å². The summed E-state index contributed by atoms with van der Waals surface area (Å²) in [6, 6.07) is 9.61. The molecule has 0 unspecified atom stereocenters. The normalized spacial score (nSPS) is 15.7. The monoisotopic (exact) mass is 360 g/mol. The van der Waals surface area contributed by atoms with Crippen molar-refractivity contribution in [2.75, 3.05) is 33.4 Å². The van der Waals surface area contributed by atoms with Crippen LogP contribution >= 0.6 is 11.3 Å². The van der Waals surface area contributed by atoms with Gasteiger partial charge >= 0.3 is 0 Å². The molecule has 0 bridgehead atoms. The van der Waals surface area contributed by atoms with E-state index >= 15 is 0 Å². The summed E-state index contributed by atoms with van der Waals surface area (Å²) in [4.78, 5) is 14.6. The van der Waals surface area contributed by atoms with E-state index in [1.165, 1.54) is 18.4 Å². The van der Waals surface area contributed by atoms with Crippen molar-refractivity contribution < 1.29 is 14.3 Å². The zero-order valence-electron chi connectivity index (χ0n) is 14.4. The van der Waals surface area contributed by atoms with Gasteiger partial charge in [0.25, 0.3) is 5.91 Å². The van der Waals surface area contributed by atoms with Crippen molar-refractivity contribution in [1.82, 2.24) is 10.2 Å². The Hall–Kier alpha value is -2.05. The standard InChI is InChI=1S/C19H24N2O3S/c1-23-16-4-6-17(7-5-16)24-13-19(22)20-12-18(15-8-11-25-14-15)21-9-2-3-10-21/h4-8,11,14,18H,2-3,9-10,12-13H2,1H3,(H,20,22)/t18-/m1/s1. The summed E-state index contributed by atoms with van der Waals surface area (Å²) in [6.45, 7) is 2.82. The van der Waals surface area contributed by atoms with Gasteiger partial charge in [0.15, 0.2) is 6.61 Å². The lowest BCUT2D eigenvalue weighted by molar-refractivity contribution is -0.123. The van der Waals surface area contributed by atoms with E-state index in [9.17, 15) is 4.79 Å². The minimum atomic E-state index is -0.102. The van der Waals surface area contributed by atoms with Gasteiger partial charge in [0, 0.05) is 6.54 Å². The SMILES string of the molecule is COc1ccc(OCC(=O)NC[C@H](c2ccsc2)N2CCCC2)cc1. The lowest BCUT2D eigenvalue weighted by Gasteiger charge is -2.27. The molecule has 5 nitrogen and oxygen atoms in total. The van der Waals surface area contributed by atoms with Gasteiger partial charge in [-0.3, -0.25) is 9.69 Å². The number of nitrogens with one attached hydrogen (secondary N) is 1. The van der Waals surface area contributed by atoms with Gasteiger partial charge in [-0.2, -0.15) is 11.3 Å². The Labute approximate surface area is 152 Å². The maximum Gasteiger partial charge on any atom is 0.258 e. The Balaban J connectivity index is 1.49. The first-order chi connectivity index (χ1) is 12.3. The Morgan fingerprint density at radius 2 is 1.92 bits per heavy atom. The Kier molecular flexibility index (Phi) is 6.30. The highest BCUT2D eigenvalue weighted by atomic mass is 32.1. The van der Waals surface area contributed by atoms with Gasteiger partial charge in [0.05, 0.1) is 13.2 Å². The zero-order valence-corrected chi connectivity index (χ0v) is 15.3. The molecule has 2 heterocycles. The van der Waals surface area contributed by atoms with Crippen molar-refractivity contribution >= 4 is 17.2 Å².